The van der Waals surface area contributed by atoms with E-state index in [1.54, 1.807) is 0 Å². The van der Waals surface area contributed by atoms with Gasteiger partial charge in [0.25, 0.3) is 0 Å². The molecule has 0 heterocycles. The van der Waals surface area contributed by atoms with Crippen LogP contribution in [-0.4, -0.2) is 28.9 Å². The molecule has 0 spiro atoms. The summed E-state index contributed by atoms with van der Waals surface area (Å²) in [4.78, 5) is 9.80. The van der Waals surface area contributed by atoms with Crippen LogP contribution in [0.2, 0.25) is 0 Å². The molecule has 0 aromatic rings. The first-order chi connectivity index (χ1) is 3.18. The van der Waals surface area contributed by atoms with Crippen molar-refractivity contribution in [1.29, 1.82) is 0 Å². The molecule has 0 aromatic heterocycles. The molecule has 1 N–H and O–H groups in total. The zero-order valence-corrected chi connectivity index (χ0v) is 7.00. The van der Waals surface area contributed by atoms with Crippen LogP contribution in [0.25, 0.3) is 0 Å². The second kappa shape index (κ2) is 3.56. The van der Waals surface area contributed by atoms with Crippen molar-refractivity contribution in [1.82, 2.24) is 3.69 Å². The van der Waals surface area contributed by atoms with Crippen LogP contribution >= 0.6 is 20.4 Å². The number of carboxylic acid groups (broad SMARTS) is 1. The van der Waals surface area contributed by atoms with Crippen molar-refractivity contribution in [3.8, 4) is 0 Å². The first kappa shape index (κ1) is 7.57. The van der Waals surface area contributed by atoms with Crippen LogP contribution in [0.5, 0.6) is 0 Å². The molecule has 3 nitrogen and oxygen atoms in total. The van der Waals surface area contributed by atoms with E-state index in [0.717, 1.165) is 3.69 Å². The molecule has 0 fully saturated rings. The van der Waals surface area contributed by atoms with Gasteiger partial charge < -0.3 is 0 Å². The Labute approximate surface area is 54.6 Å². The topological polar surface area (TPSA) is 40.5 Å². The predicted octanol–water partition coefficient (Wildman–Crippen LogP) is 0.221. The first-order valence-electron chi connectivity index (χ1n) is 1.27. The van der Waals surface area contributed by atoms with Crippen LogP contribution < -0.4 is 0 Å². The monoisotopic (exact) mass is 205 g/mol. The Hall–Kier alpha value is 0.569. The second-order valence-corrected chi connectivity index (χ2v) is 4.06. The molecule has 0 radical (unpaired) electrons. The Kier molecular flexibility index (Phi) is 3.85. The van der Waals surface area contributed by atoms with Crippen LogP contribution in [0.1, 0.15) is 0 Å². The van der Waals surface area contributed by atoms with Gasteiger partial charge in [0, 0.05) is 0 Å². The molecule has 0 saturated carbocycles. The third-order valence-electron chi connectivity index (χ3n) is 0.276. The number of hydrogen-bond donors (Lipinski definition) is 2. The quantitative estimate of drug-likeness (QED) is 0.364. The molecule has 42 valence electrons. The van der Waals surface area contributed by atoms with E-state index in [2.05, 4.69) is 11.0 Å². The zero-order chi connectivity index (χ0) is 5.86. The summed E-state index contributed by atoms with van der Waals surface area (Å²) >= 11 is 3.49. The van der Waals surface area contributed by atoms with E-state index < -0.39 is 6.09 Å². The predicted molar refractivity (Wildman–Crippen MR) is 34.3 cm³/mol. The summed E-state index contributed by atoms with van der Waals surface area (Å²) in [6.45, 7) is 0. The number of thiol groups is 1. The van der Waals surface area contributed by atoms with E-state index in [4.69, 9.17) is 5.11 Å². The molecular formula is CH4NO2PSSe. The summed E-state index contributed by atoms with van der Waals surface area (Å²) in [5.74, 6) is 0. The van der Waals surface area contributed by atoms with Crippen molar-refractivity contribution in [2.45, 2.75) is 0 Å². The van der Waals surface area contributed by atoms with Crippen molar-refractivity contribution in [2.24, 2.45) is 0 Å². The summed E-state index contributed by atoms with van der Waals surface area (Å²) in [6.07, 6.45) is -0.958. The van der Waals surface area contributed by atoms with Gasteiger partial charge in [0.15, 0.2) is 0 Å². The van der Waals surface area contributed by atoms with Crippen molar-refractivity contribution in [3.05, 3.63) is 0 Å². The van der Waals surface area contributed by atoms with E-state index in [0.29, 0.717) is 0 Å². The molecule has 0 aliphatic heterocycles. The molecule has 0 rings (SSSR count). The van der Waals surface area contributed by atoms with Gasteiger partial charge in [-0.25, -0.2) is 0 Å². The molecular weight excluding hydrogens is 200 g/mol. The number of hydrogen-bond acceptors (Lipinski definition) is 2. The third kappa shape index (κ3) is 3.18. The van der Waals surface area contributed by atoms with Crippen molar-refractivity contribution < 1.29 is 9.90 Å². The van der Waals surface area contributed by atoms with Gasteiger partial charge in [-0.3, -0.25) is 0 Å². The fraction of sp³-hybridized carbons (Fsp3) is 0. The molecule has 1 atom stereocenters. The van der Waals surface area contributed by atoms with Gasteiger partial charge in [0.1, 0.15) is 0 Å². The summed E-state index contributed by atoms with van der Waals surface area (Å²) in [5, 5.41) is 8.05. The Morgan fingerprint density at radius 3 is 2.43 bits per heavy atom. The van der Waals surface area contributed by atoms with Crippen LogP contribution in [0.4, 0.5) is 4.79 Å². The van der Waals surface area contributed by atoms with Crippen molar-refractivity contribution in [3.63, 3.8) is 0 Å². The normalized spacial score (nSPS) is 8.29. The summed E-state index contributed by atoms with van der Waals surface area (Å²) in [6, 6.07) is 0. The average Bonchev–Trinajstić information content (AvgIpc) is 1.65. The van der Waals surface area contributed by atoms with Gasteiger partial charge in [-0.05, 0) is 0 Å². The number of amides is 1. The molecule has 6 heteroatoms. The standard InChI is InChI=1S/CH4NO2PSSe/c3-1(4)2(5)7-6/h6H,5H2,(H,3,4). The van der Waals surface area contributed by atoms with Crippen LogP contribution in [-0.2, 0) is 0 Å². The molecule has 0 bridgehead atoms. The van der Waals surface area contributed by atoms with Gasteiger partial charge in [-0.1, -0.05) is 0 Å². The molecule has 0 saturated heterocycles. The van der Waals surface area contributed by atoms with E-state index in [9.17, 15) is 4.79 Å². The molecule has 0 aromatic carbocycles. The van der Waals surface area contributed by atoms with Gasteiger partial charge in [0.2, 0.25) is 0 Å². The van der Waals surface area contributed by atoms with Crippen LogP contribution in [0.15, 0.2) is 0 Å². The first-order valence-corrected chi connectivity index (χ1v) is 5.22. The Morgan fingerprint density at radius 1 is 2.00 bits per heavy atom. The maximum atomic E-state index is 9.80. The molecule has 0 aliphatic carbocycles. The zero-order valence-electron chi connectivity index (χ0n) is 3.24. The fourth-order valence-corrected chi connectivity index (χ4v) is 0.544. The van der Waals surface area contributed by atoms with Gasteiger partial charge in [0.05, 0.1) is 0 Å². The van der Waals surface area contributed by atoms with Crippen LogP contribution in [0, 0.1) is 0 Å². The summed E-state index contributed by atoms with van der Waals surface area (Å²) < 4.78 is 1.05. The van der Waals surface area contributed by atoms with Crippen molar-refractivity contribution >= 4 is 40.6 Å². The maximum absolute atomic E-state index is 9.80. The van der Waals surface area contributed by atoms with E-state index in [1.807, 2.05) is 9.39 Å². The van der Waals surface area contributed by atoms with E-state index >= 15 is 0 Å². The molecule has 0 aliphatic rings. The minimum atomic E-state index is -0.958. The SMILES string of the molecule is O=C(O)N(P)[Se]S. The Bertz CT molecular complexity index is 80.1. The van der Waals surface area contributed by atoms with Gasteiger partial charge in [-0.15, -0.1) is 0 Å². The minimum absolute atomic E-state index is 0.253. The molecule has 1 amide bonds. The summed E-state index contributed by atoms with van der Waals surface area (Å²) in [5.41, 5.74) is 0. The second-order valence-electron chi connectivity index (χ2n) is 0.690. The Morgan fingerprint density at radius 2 is 2.43 bits per heavy atom. The average molecular weight is 204 g/mol. The molecule has 7 heavy (non-hydrogen) atoms. The number of rotatable bonds is 1. The third-order valence-corrected chi connectivity index (χ3v) is 3.58. The summed E-state index contributed by atoms with van der Waals surface area (Å²) in [7, 11) is 2.03. The van der Waals surface area contributed by atoms with Crippen molar-refractivity contribution in [2.75, 3.05) is 0 Å². The van der Waals surface area contributed by atoms with Gasteiger partial charge >= 0.3 is 54.2 Å². The van der Waals surface area contributed by atoms with E-state index in [1.165, 1.54) is 0 Å². The number of carbonyl (C=O) groups is 1. The van der Waals surface area contributed by atoms with E-state index in [-0.39, 0.29) is 14.1 Å². The van der Waals surface area contributed by atoms with Crippen LogP contribution in [0.3, 0.4) is 0 Å². The number of nitrogens with zero attached hydrogens (tertiary/aromatic N) is 1. The molecule has 1 unspecified atom stereocenters. The Balaban J connectivity index is 3.34. The van der Waals surface area contributed by atoms with Gasteiger partial charge in [-0.2, -0.15) is 0 Å². The fourth-order valence-electron chi connectivity index (χ4n) is 0.0349.